The summed E-state index contributed by atoms with van der Waals surface area (Å²) in [5.41, 5.74) is -0.228. The van der Waals surface area contributed by atoms with Crippen molar-refractivity contribution in [3.63, 3.8) is 0 Å². The minimum absolute atomic E-state index is 0.228. The molecule has 1 fully saturated rings. The highest BCUT2D eigenvalue weighted by molar-refractivity contribution is 5.05. The first-order valence-electron chi connectivity index (χ1n) is 6.75. The van der Waals surface area contributed by atoms with Crippen LogP contribution >= 0.6 is 0 Å². The molecule has 1 aliphatic rings. The summed E-state index contributed by atoms with van der Waals surface area (Å²) < 4.78 is 0. The quantitative estimate of drug-likeness (QED) is 0.727. The van der Waals surface area contributed by atoms with Crippen molar-refractivity contribution >= 4 is 0 Å². The maximum absolute atomic E-state index is 9.45. The molecule has 0 spiro atoms. The van der Waals surface area contributed by atoms with Gasteiger partial charge < -0.3 is 0 Å². The molecule has 1 unspecified atom stereocenters. The highest BCUT2D eigenvalue weighted by Crippen LogP contribution is 2.26. The number of rotatable bonds is 4. The third kappa shape index (κ3) is 3.79. The lowest BCUT2D eigenvalue weighted by molar-refractivity contribution is 0.142. The van der Waals surface area contributed by atoms with Crippen LogP contribution in [0.15, 0.2) is 0 Å². The smallest absolute Gasteiger partial charge is 0.106 e. The van der Waals surface area contributed by atoms with Crippen molar-refractivity contribution in [1.82, 2.24) is 4.90 Å². The van der Waals surface area contributed by atoms with Crippen LogP contribution in [0.5, 0.6) is 0 Å². The summed E-state index contributed by atoms with van der Waals surface area (Å²) in [5, 5.41) is 9.45. The average molecular weight is 222 g/mol. The van der Waals surface area contributed by atoms with Gasteiger partial charge in [-0.1, -0.05) is 26.7 Å². The average Bonchev–Trinajstić information content (AvgIpc) is 2.54. The molecule has 16 heavy (non-hydrogen) atoms. The third-order valence-electron chi connectivity index (χ3n) is 3.75. The fourth-order valence-electron chi connectivity index (χ4n) is 2.42. The second-order valence-electron chi connectivity index (χ2n) is 5.72. The van der Waals surface area contributed by atoms with Crippen molar-refractivity contribution in [2.75, 3.05) is 13.1 Å². The zero-order valence-corrected chi connectivity index (χ0v) is 11.1. The standard InChI is InChI=1S/C14H26N2/c1-13(2)8-9-14(3,12-15)16-10-6-4-5-7-11-16/h13H,4-11H2,1-3H3. The van der Waals surface area contributed by atoms with E-state index in [1.807, 2.05) is 0 Å². The van der Waals surface area contributed by atoms with E-state index in [-0.39, 0.29) is 5.54 Å². The first-order chi connectivity index (χ1) is 7.58. The molecule has 0 aromatic heterocycles. The summed E-state index contributed by atoms with van der Waals surface area (Å²) in [7, 11) is 0. The molecule has 2 heteroatoms. The molecular weight excluding hydrogens is 196 g/mol. The van der Waals surface area contributed by atoms with Gasteiger partial charge in [0.1, 0.15) is 5.54 Å². The van der Waals surface area contributed by atoms with Crippen molar-refractivity contribution in [1.29, 1.82) is 5.26 Å². The summed E-state index contributed by atoms with van der Waals surface area (Å²) in [4.78, 5) is 2.42. The van der Waals surface area contributed by atoms with E-state index in [2.05, 4.69) is 31.7 Å². The van der Waals surface area contributed by atoms with Crippen LogP contribution in [-0.4, -0.2) is 23.5 Å². The molecule has 1 rings (SSSR count). The number of likely N-dealkylation sites (tertiary alicyclic amines) is 1. The minimum Gasteiger partial charge on any atom is -0.286 e. The predicted octanol–water partition coefficient (Wildman–Crippen LogP) is 3.58. The Bertz CT molecular complexity index is 234. The van der Waals surface area contributed by atoms with Crippen LogP contribution in [0.25, 0.3) is 0 Å². The number of hydrogen-bond donors (Lipinski definition) is 0. The van der Waals surface area contributed by atoms with Crippen LogP contribution in [-0.2, 0) is 0 Å². The Balaban J connectivity index is 2.58. The van der Waals surface area contributed by atoms with Crippen molar-refractivity contribution in [3.8, 4) is 6.07 Å². The summed E-state index contributed by atoms with van der Waals surface area (Å²) in [6, 6.07) is 2.56. The largest absolute Gasteiger partial charge is 0.286 e. The Morgan fingerprint density at radius 3 is 2.19 bits per heavy atom. The van der Waals surface area contributed by atoms with Crippen LogP contribution in [0.3, 0.4) is 0 Å². The van der Waals surface area contributed by atoms with Crippen LogP contribution in [0, 0.1) is 17.2 Å². The minimum atomic E-state index is -0.228. The van der Waals surface area contributed by atoms with E-state index in [9.17, 15) is 5.26 Å². The zero-order valence-electron chi connectivity index (χ0n) is 11.1. The molecule has 0 aromatic rings. The summed E-state index contributed by atoms with van der Waals surface area (Å²) in [5.74, 6) is 0.694. The van der Waals surface area contributed by atoms with E-state index >= 15 is 0 Å². The maximum Gasteiger partial charge on any atom is 0.106 e. The van der Waals surface area contributed by atoms with Gasteiger partial charge in [0.25, 0.3) is 0 Å². The van der Waals surface area contributed by atoms with Gasteiger partial charge in [0, 0.05) is 0 Å². The fraction of sp³-hybridized carbons (Fsp3) is 0.929. The van der Waals surface area contributed by atoms with E-state index in [4.69, 9.17) is 0 Å². The van der Waals surface area contributed by atoms with Gasteiger partial charge in [-0.25, -0.2) is 0 Å². The van der Waals surface area contributed by atoms with Gasteiger partial charge in [-0.2, -0.15) is 5.26 Å². The molecule has 1 heterocycles. The highest BCUT2D eigenvalue weighted by Gasteiger charge is 2.31. The number of nitriles is 1. The molecule has 92 valence electrons. The Kier molecular flexibility index (Phi) is 5.28. The van der Waals surface area contributed by atoms with Crippen molar-refractivity contribution < 1.29 is 0 Å². The fourth-order valence-corrected chi connectivity index (χ4v) is 2.42. The summed E-state index contributed by atoms with van der Waals surface area (Å²) >= 11 is 0. The lowest BCUT2D eigenvalue weighted by Crippen LogP contribution is -2.46. The third-order valence-corrected chi connectivity index (χ3v) is 3.75. The second kappa shape index (κ2) is 6.25. The van der Waals surface area contributed by atoms with Gasteiger partial charge in [0.15, 0.2) is 0 Å². The van der Waals surface area contributed by atoms with Gasteiger partial charge in [-0.15, -0.1) is 0 Å². The van der Waals surface area contributed by atoms with E-state index in [0.717, 1.165) is 25.9 Å². The van der Waals surface area contributed by atoms with Gasteiger partial charge in [0.2, 0.25) is 0 Å². The van der Waals surface area contributed by atoms with Gasteiger partial charge in [0.05, 0.1) is 6.07 Å². The van der Waals surface area contributed by atoms with Crippen molar-refractivity contribution in [2.24, 2.45) is 5.92 Å². The SMILES string of the molecule is CC(C)CCC(C)(C#N)N1CCCCCC1. The van der Waals surface area contributed by atoms with Gasteiger partial charge in [-0.05, 0) is 51.6 Å². The van der Waals surface area contributed by atoms with E-state index < -0.39 is 0 Å². The summed E-state index contributed by atoms with van der Waals surface area (Å²) in [6.07, 6.45) is 7.37. The second-order valence-corrected chi connectivity index (χ2v) is 5.72. The van der Waals surface area contributed by atoms with E-state index in [1.54, 1.807) is 0 Å². The molecule has 1 atom stereocenters. The first-order valence-corrected chi connectivity index (χ1v) is 6.75. The Morgan fingerprint density at radius 2 is 1.75 bits per heavy atom. The molecule has 0 aliphatic carbocycles. The zero-order chi connectivity index (χ0) is 12.0. The summed E-state index contributed by atoms with van der Waals surface area (Å²) in [6.45, 7) is 8.82. The molecule has 0 saturated carbocycles. The van der Waals surface area contributed by atoms with Crippen molar-refractivity contribution in [2.45, 2.75) is 64.8 Å². The van der Waals surface area contributed by atoms with E-state index in [1.165, 1.54) is 25.7 Å². The predicted molar refractivity (Wildman–Crippen MR) is 68.1 cm³/mol. The van der Waals surface area contributed by atoms with E-state index in [0.29, 0.717) is 5.92 Å². The van der Waals surface area contributed by atoms with Crippen LogP contribution in [0.2, 0.25) is 0 Å². The molecule has 0 bridgehead atoms. The maximum atomic E-state index is 9.45. The van der Waals surface area contributed by atoms with Gasteiger partial charge in [-0.3, -0.25) is 4.90 Å². The highest BCUT2D eigenvalue weighted by atomic mass is 15.2. The van der Waals surface area contributed by atoms with Crippen LogP contribution in [0.1, 0.15) is 59.3 Å². The first kappa shape index (κ1) is 13.5. The van der Waals surface area contributed by atoms with Crippen LogP contribution < -0.4 is 0 Å². The lowest BCUT2D eigenvalue weighted by Gasteiger charge is -2.35. The van der Waals surface area contributed by atoms with Crippen LogP contribution in [0.4, 0.5) is 0 Å². The van der Waals surface area contributed by atoms with Gasteiger partial charge >= 0.3 is 0 Å². The Morgan fingerprint density at radius 1 is 1.19 bits per heavy atom. The molecule has 1 saturated heterocycles. The Hall–Kier alpha value is -0.550. The number of nitrogens with zero attached hydrogens (tertiary/aromatic N) is 2. The topological polar surface area (TPSA) is 27.0 Å². The number of hydrogen-bond acceptors (Lipinski definition) is 2. The molecule has 2 nitrogen and oxygen atoms in total. The monoisotopic (exact) mass is 222 g/mol. The molecular formula is C14H26N2. The molecule has 1 aliphatic heterocycles. The lowest BCUT2D eigenvalue weighted by atomic mass is 9.91. The molecule has 0 aromatic carbocycles. The molecule has 0 radical (unpaired) electrons. The Labute approximate surface area is 101 Å². The molecule has 0 N–H and O–H groups in total. The molecule has 0 amide bonds. The van der Waals surface area contributed by atoms with Crippen molar-refractivity contribution in [3.05, 3.63) is 0 Å². The normalized spacial score (nSPS) is 22.4.